The molecule has 6 heteroatoms. The van der Waals surface area contributed by atoms with Crippen LogP contribution in [0, 0.1) is 0 Å². The molecule has 0 spiro atoms. The van der Waals surface area contributed by atoms with Crippen molar-refractivity contribution < 1.29 is 4.74 Å². The molecule has 120 valence electrons. The summed E-state index contributed by atoms with van der Waals surface area (Å²) in [6, 6.07) is 8.01. The first-order valence-corrected chi connectivity index (χ1v) is 8.48. The average Bonchev–Trinajstić information content (AvgIpc) is 2.99. The number of ether oxygens (including phenoxy) is 1. The third kappa shape index (κ3) is 5.61. The topological polar surface area (TPSA) is 73.1 Å². The van der Waals surface area contributed by atoms with E-state index in [4.69, 9.17) is 10.5 Å². The normalized spacial score (nSPS) is 10.6. The molecular weight excluding hydrogens is 296 g/mol. The average molecular weight is 320 g/mol. The van der Waals surface area contributed by atoms with E-state index in [9.17, 15) is 0 Å². The van der Waals surface area contributed by atoms with Crippen molar-refractivity contribution in [1.29, 1.82) is 0 Å². The molecule has 2 aromatic rings. The lowest BCUT2D eigenvalue weighted by molar-refractivity contribution is 0.414. The Labute approximate surface area is 136 Å². The second kappa shape index (κ2) is 9.38. The van der Waals surface area contributed by atoms with E-state index in [1.807, 2.05) is 24.3 Å². The van der Waals surface area contributed by atoms with Crippen LogP contribution in [-0.4, -0.2) is 29.6 Å². The summed E-state index contributed by atoms with van der Waals surface area (Å²) < 4.78 is 9.56. The molecule has 1 heterocycles. The number of methoxy groups -OCH3 is 1. The van der Waals surface area contributed by atoms with E-state index in [0.717, 1.165) is 49.1 Å². The third-order valence-electron chi connectivity index (χ3n) is 3.40. The summed E-state index contributed by atoms with van der Waals surface area (Å²) in [5.74, 6) is 1.73. The highest BCUT2D eigenvalue weighted by Gasteiger charge is 2.05. The molecule has 1 aromatic heterocycles. The van der Waals surface area contributed by atoms with E-state index in [-0.39, 0.29) is 0 Å². The fraction of sp³-hybridized carbons (Fsp3) is 0.500. The van der Waals surface area contributed by atoms with Crippen LogP contribution in [0.2, 0.25) is 0 Å². The van der Waals surface area contributed by atoms with Gasteiger partial charge in [0.25, 0.3) is 0 Å². The quantitative estimate of drug-likeness (QED) is 0.658. The lowest BCUT2D eigenvalue weighted by Gasteiger charge is -2.02. The third-order valence-corrected chi connectivity index (χ3v) is 4.11. The predicted molar refractivity (Wildman–Crippen MR) is 91.7 cm³/mol. The van der Waals surface area contributed by atoms with Crippen LogP contribution in [-0.2, 0) is 6.42 Å². The molecule has 0 unspecified atom stereocenters. The minimum Gasteiger partial charge on any atom is -0.497 e. The Morgan fingerprint density at radius 1 is 1.14 bits per heavy atom. The molecule has 0 radical (unpaired) electrons. The highest BCUT2D eigenvalue weighted by molar-refractivity contribution is 7.09. The predicted octanol–water partition coefficient (Wildman–Crippen LogP) is 3.07. The van der Waals surface area contributed by atoms with Crippen molar-refractivity contribution in [3.05, 3.63) is 35.7 Å². The standard InChI is InChI=1S/C16H24N4OS/c1-21-14-8-6-13(7-9-14)12-15-19-16(22-20-15)18-11-5-3-2-4-10-17/h6-9H,2-5,10-12,17H2,1H3,(H,18,19,20). The molecular formula is C16H24N4OS. The van der Waals surface area contributed by atoms with Gasteiger partial charge in [0.2, 0.25) is 5.13 Å². The van der Waals surface area contributed by atoms with Gasteiger partial charge in [0.15, 0.2) is 0 Å². The van der Waals surface area contributed by atoms with Gasteiger partial charge in [-0.15, -0.1) is 0 Å². The largest absolute Gasteiger partial charge is 0.497 e. The molecule has 5 nitrogen and oxygen atoms in total. The minimum atomic E-state index is 0.749. The van der Waals surface area contributed by atoms with Crippen LogP contribution in [0.25, 0.3) is 0 Å². The maximum Gasteiger partial charge on any atom is 0.202 e. The fourth-order valence-corrected chi connectivity index (χ4v) is 2.75. The first-order chi connectivity index (χ1) is 10.8. The monoisotopic (exact) mass is 320 g/mol. The Morgan fingerprint density at radius 2 is 1.91 bits per heavy atom. The maximum absolute atomic E-state index is 5.48. The Morgan fingerprint density at radius 3 is 2.64 bits per heavy atom. The molecule has 0 aliphatic heterocycles. The highest BCUT2D eigenvalue weighted by Crippen LogP contribution is 2.17. The second-order valence-corrected chi connectivity index (χ2v) is 5.92. The Hall–Kier alpha value is -1.66. The van der Waals surface area contributed by atoms with E-state index in [1.165, 1.54) is 29.9 Å². The van der Waals surface area contributed by atoms with Gasteiger partial charge in [0.1, 0.15) is 11.6 Å². The smallest absolute Gasteiger partial charge is 0.202 e. The first-order valence-electron chi connectivity index (χ1n) is 7.71. The number of nitrogens with two attached hydrogens (primary N) is 1. The van der Waals surface area contributed by atoms with Crippen molar-refractivity contribution in [3.63, 3.8) is 0 Å². The van der Waals surface area contributed by atoms with Gasteiger partial charge in [-0.05, 0) is 37.1 Å². The summed E-state index contributed by atoms with van der Waals surface area (Å²) in [4.78, 5) is 4.53. The van der Waals surface area contributed by atoms with Crippen LogP contribution >= 0.6 is 11.5 Å². The van der Waals surface area contributed by atoms with Crippen LogP contribution in [0.3, 0.4) is 0 Å². The molecule has 0 saturated carbocycles. The van der Waals surface area contributed by atoms with Crippen LogP contribution in [0.15, 0.2) is 24.3 Å². The maximum atomic E-state index is 5.48. The number of benzene rings is 1. The molecule has 1 aromatic carbocycles. The number of aromatic nitrogens is 2. The minimum absolute atomic E-state index is 0.749. The number of rotatable bonds is 10. The molecule has 0 bridgehead atoms. The molecule has 0 aliphatic carbocycles. The lowest BCUT2D eigenvalue weighted by atomic mass is 10.1. The van der Waals surface area contributed by atoms with E-state index >= 15 is 0 Å². The number of nitrogens with zero attached hydrogens (tertiary/aromatic N) is 2. The lowest BCUT2D eigenvalue weighted by Crippen LogP contribution is -2.02. The van der Waals surface area contributed by atoms with Gasteiger partial charge in [0.05, 0.1) is 7.11 Å². The fourth-order valence-electron chi connectivity index (χ4n) is 2.14. The van der Waals surface area contributed by atoms with E-state index in [2.05, 4.69) is 14.7 Å². The Balaban J connectivity index is 1.73. The van der Waals surface area contributed by atoms with Gasteiger partial charge >= 0.3 is 0 Å². The van der Waals surface area contributed by atoms with Crippen molar-refractivity contribution in [2.45, 2.75) is 32.1 Å². The molecule has 0 aliphatic rings. The number of hydrogen-bond donors (Lipinski definition) is 2. The second-order valence-electron chi connectivity index (χ2n) is 5.17. The zero-order valence-electron chi connectivity index (χ0n) is 13.0. The molecule has 0 amide bonds. The van der Waals surface area contributed by atoms with Gasteiger partial charge < -0.3 is 15.8 Å². The molecule has 3 N–H and O–H groups in total. The van der Waals surface area contributed by atoms with Crippen LogP contribution < -0.4 is 15.8 Å². The SMILES string of the molecule is COc1ccc(Cc2nsc(NCCCCCCN)n2)cc1. The van der Waals surface area contributed by atoms with Crippen LogP contribution in [0.4, 0.5) is 5.13 Å². The molecule has 0 saturated heterocycles. The molecule has 22 heavy (non-hydrogen) atoms. The van der Waals surface area contributed by atoms with Gasteiger partial charge in [-0.2, -0.15) is 4.37 Å². The highest BCUT2D eigenvalue weighted by atomic mass is 32.1. The number of anilines is 1. The zero-order valence-corrected chi connectivity index (χ0v) is 13.9. The Kier molecular flexibility index (Phi) is 7.12. The summed E-state index contributed by atoms with van der Waals surface area (Å²) >= 11 is 1.43. The molecule has 0 fully saturated rings. The van der Waals surface area contributed by atoms with Gasteiger partial charge in [-0.3, -0.25) is 0 Å². The molecule has 2 rings (SSSR count). The van der Waals surface area contributed by atoms with Gasteiger partial charge in [0, 0.05) is 24.5 Å². The number of unbranched alkanes of at least 4 members (excludes halogenated alkanes) is 3. The van der Waals surface area contributed by atoms with Crippen LogP contribution in [0.5, 0.6) is 5.75 Å². The van der Waals surface area contributed by atoms with E-state index in [1.54, 1.807) is 7.11 Å². The van der Waals surface area contributed by atoms with E-state index < -0.39 is 0 Å². The zero-order chi connectivity index (χ0) is 15.6. The van der Waals surface area contributed by atoms with Crippen LogP contribution in [0.1, 0.15) is 37.1 Å². The van der Waals surface area contributed by atoms with Crippen molar-refractivity contribution in [2.75, 3.05) is 25.5 Å². The van der Waals surface area contributed by atoms with Crippen molar-refractivity contribution >= 4 is 16.7 Å². The first kappa shape index (κ1) is 16.7. The Bertz CT molecular complexity index is 541. The summed E-state index contributed by atoms with van der Waals surface area (Å²) in [6.45, 7) is 1.74. The summed E-state index contributed by atoms with van der Waals surface area (Å²) in [7, 11) is 1.67. The summed E-state index contributed by atoms with van der Waals surface area (Å²) in [5.41, 5.74) is 6.66. The summed E-state index contributed by atoms with van der Waals surface area (Å²) in [6.07, 6.45) is 5.43. The number of hydrogen-bond acceptors (Lipinski definition) is 6. The van der Waals surface area contributed by atoms with E-state index in [0.29, 0.717) is 0 Å². The van der Waals surface area contributed by atoms with Crippen molar-refractivity contribution in [1.82, 2.24) is 9.36 Å². The van der Waals surface area contributed by atoms with Gasteiger partial charge in [-0.1, -0.05) is 25.0 Å². The van der Waals surface area contributed by atoms with Gasteiger partial charge in [-0.25, -0.2) is 4.98 Å². The summed E-state index contributed by atoms with van der Waals surface area (Å²) in [5, 5.41) is 4.24. The van der Waals surface area contributed by atoms with Crippen molar-refractivity contribution in [3.8, 4) is 5.75 Å². The van der Waals surface area contributed by atoms with Crippen molar-refractivity contribution in [2.24, 2.45) is 5.73 Å². The molecule has 0 atom stereocenters. The number of nitrogens with one attached hydrogen (secondary N) is 1.